The number of aliphatic hydroxyl groups is 1. The van der Waals surface area contributed by atoms with Gasteiger partial charge < -0.3 is 5.11 Å². The lowest BCUT2D eigenvalue weighted by Crippen LogP contribution is -2.30. The Kier molecular flexibility index (Phi) is 4.47. The second-order valence-electron chi connectivity index (χ2n) is 5.25. The first-order chi connectivity index (χ1) is 8.19. The summed E-state index contributed by atoms with van der Waals surface area (Å²) in [6.07, 6.45) is 5.37. The number of hydrogen-bond donors (Lipinski definition) is 1. The van der Waals surface area contributed by atoms with Crippen molar-refractivity contribution in [2.24, 2.45) is 11.8 Å². The second kappa shape index (κ2) is 5.88. The van der Waals surface area contributed by atoms with Gasteiger partial charge in [0.2, 0.25) is 0 Å². The molecule has 0 amide bonds. The van der Waals surface area contributed by atoms with E-state index >= 15 is 0 Å². The normalized spacial score (nSPS) is 29.2. The van der Waals surface area contributed by atoms with E-state index in [1.807, 2.05) is 18.2 Å². The molecule has 1 fully saturated rings. The van der Waals surface area contributed by atoms with Crippen LogP contribution in [0.5, 0.6) is 0 Å². The molecule has 0 spiro atoms. The van der Waals surface area contributed by atoms with Crippen molar-refractivity contribution in [3.05, 3.63) is 34.9 Å². The Hall–Kier alpha value is -0.530. The largest absolute Gasteiger partial charge is 0.393 e. The minimum atomic E-state index is -0.128. The van der Waals surface area contributed by atoms with Crippen LogP contribution >= 0.6 is 11.6 Å². The van der Waals surface area contributed by atoms with Gasteiger partial charge in [-0.2, -0.15) is 0 Å². The fourth-order valence-corrected chi connectivity index (χ4v) is 3.11. The predicted molar refractivity (Wildman–Crippen MR) is 72.3 cm³/mol. The van der Waals surface area contributed by atoms with Gasteiger partial charge in [-0.3, -0.25) is 0 Å². The maximum absolute atomic E-state index is 10.1. The molecule has 1 aromatic rings. The van der Waals surface area contributed by atoms with Crippen LogP contribution in [0.4, 0.5) is 0 Å². The fraction of sp³-hybridized carbons (Fsp3) is 0.600. The van der Waals surface area contributed by atoms with Crippen molar-refractivity contribution in [3.8, 4) is 0 Å². The van der Waals surface area contributed by atoms with Gasteiger partial charge in [-0.1, -0.05) is 37.1 Å². The van der Waals surface area contributed by atoms with Crippen LogP contribution in [0.1, 0.15) is 38.2 Å². The Labute approximate surface area is 109 Å². The summed E-state index contributed by atoms with van der Waals surface area (Å²) in [5, 5.41) is 10.9. The van der Waals surface area contributed by atoms with E-state index in [2.05, 4.69) is 13.0 Å². The predicted octanol–water partition coefficient (Wildman–Crippen LogP) is 4.07. The topological polar surface area (TPSA) is 20.2 Å². The highest BCUT2D eigenvalue weighted by Crippen LogP contribution is 2.33. The maximum atomic E-state index is 10.1. The van der Waals surface area contributed by atoms with E-state index in [-0.39, 0.29) is 6.10 Å². The van der Waals surface area contributed by atoms with Crippen LogP contribution in [-0.2, 0) is 6.42 Å². The van der Waals surface area contributed by atoms with Crippen molar-refractivity contribution in [3.63, 3.8) is 0 Å². The zero-order chi connectivity index (χ0) is 12.3. The van der Waals surface area contributed by atoms with Crippen molar-refractivity contribution >= 4 is 11.6 Å². The third kappa shape index (κ3) is 3.46. The molecule has 1 N–H and O–H groups in total. The summed E-state index contributed by atoms with van der Waals surface area (Å²) in [5.74, 6) is 1.20. The van der Waals surface area contributed by atoms with Gasteiger partial charge in [-0.05, 0) is 55.2 Å². The molecule has 0 aliphatic heterocycles. The van der Waals surface area contributed by atoms with Gasteiger partial charge in [0, 0.05) is 5.02 Å². The lowest BCUT2D eigenvalue weighted by Gasteiger charge is -2.33. The zero-order valence-electron chi connectivity index (χ0n) is 10.4. The van der Waals surface area contributed by atoms with Crippen molar-refractivity contribution in [2.75, 3.05) is 0 Å². The van der Waals surface area contributed by atoms with E-state index in [1.165, 1.54) is 18.4 Å². The summed E-state index contributed by atoms with van der Waals surface area (Å²) >= 11 is 5.99. The minimum absolute atomic E-state index is 0.128. The summed E-state index contributed by atoms with van der Waals surface area (Å²) < 4.78 is 0. The van der Waals surface area contributed by atoms with Crippen LogP contribution in [0.3, 0.4) is 0 Å². The van der Waals surface area contributed by atoms with Crippen LogP contribution in [0.2, 0.25) is 5.02 Å². The molecule has 2 heteroatoms. The van der Waals surface area contributed by atoms with Gasteiger partial charge in [0.1, 0.15) is 0 Å². The van der Waals surface area contributed by atoms with Crippen LogP contribution < -0.4 is 0 Å². The summed E-state index contributed by atoms with van der Waals surface area (Å²) in [7, 11) is 0. The SMILES string of the molecule is CCC1CCC(O)C(Cc2cccc(Cl)c2)C1. The first-order valence-electron chi connectivity index (χ1n) is 6.61. The van der Waals surface area contributed by atoms with E-state index < -0.39 is 0 Å². The van der Waals surface area contributed by atoms with Gasteiger partial charge >= 0.3 is 0 Å². The highest BCUT2D eigenvalue weighted by atomic mass is 35.5. The molecule has 17 heavy (non-hydrogen) atoms. The van der Waals surface area contributed by atoms with Gasteiger partial charge in [-0.15, -0.1) is 0 Å². The molecule has 2 rings (SSSR count). The standard InChI is InChI=1S/C15H21ClO/c1-2-11-6-7-15(17)13(8-11)9-12-4-3-5-14(16)10-12/h3-5,10-11,13,15,17H,2,6-9H2,1H3. The molecule has 0 radical (unpaired) electrons. The molecule has 1 aliphatic rings. The van der Waals surface area contributed by atoms with E-state index in [0.717, 1.165) is 30.2 Å². The molecule has 0 aromatic heterocycles. The maximum Gasteiger partial charge on any atom is 0.0571 e. The quantitative estimate of drug-likeness (QED) is 0.860. The van der Waals surface area contributed by atoms with Gasteiger partial charge in [0.25, 0.3) is 0 Å². The number of halogens is 1. The van der Waals surface area contributed by atoms with Crippen molar-refractivity contribution < 1.29 is 5.11 Å². The van der Waals surface area contributed by atoms with Crippen LogP contribution in [0, 0.1) is 11.8 Å². The van der Waals surface area contributed by atoms with Gasteiger partial charge in [-0.25, -0.2) is 0 Å². The Morgan fingerprint density at radius 1 is 1.35 bits per heavy atom. The Balaban J connectivity index is 2.01. The molecule has 0 saturated heterocycles. The Morgan fingerprint density at radius 3 is 2.88 bits per heavy atom. The number of benzene rings is 1. The first kappa shape index (κ1) is 12.9. The zero-order valence-corrected chi connectivity index (χ0v) is 11.2. The summed E-state index contributed by atoms with van der Waals surface area (Å²) in [6.45, 7) is 2.25. The molecular formula is C15H21ClO. The molecule has 3 unspecified atom stereocenters. The highest BCUT2D eigenvalue weighted by molar-refractivity contribution is 6.30. The summed E-state index contributed by atoms with van der Waals surface area (Å²) in [5.41, 5.74) is 1.25. The van der Waals surface area contributed by atoms with Crippen molar-refractivity contribution in [2.45, 2.75) is 45.1 Å². The number of rotatable bonds is 3. The molecule has 1 aliphatic carbocycles. The van der Waals surface area contributed by atoms with Gasteiger partial charge in [0.05, 0.1) is 6.10 Å². The lowest BCUT2D eigenvalue weighted by atomic mass is 9.76. The second-order valence-corrected chi connectivity index (χ2v) is 5.69. The van der Waals surface area contributed by atoms with E-state index in [0.29, 0.717) is 5.92 Å². The van der Waals surface area contributed by atoms with Gasteiger partial charge in [0.15, 0.2) is 0 Å². The molecule has 94 valence electrons. The third-order valence-electron chi connectivity index (χ3n) is 4.02. The smallest absolute Gasteiger partial charge is 0.0571 e. The molecule has 1 nitrogen and oxygen atoms in total. The van der Waals surface area contributed by atoms with E-state index in [9.17, 15) is 5.11 Å². The minimum Gasteiger partial charge on any atom is -0.393 e. The number of aliphatic hydroxyl groups excluding tert-OH is 1. The lowest BCUT2D eigenvalue weighted by molar-refractivity contribution is 0.0475. The third-order valence-corrected chi connectivity index (χ3v) is 4.25. The average Bonchev–Trinajstić information content (AvgIpc) is 2.32. The van der Waals surface area contributed by atoms with Crippen LogP contribution in [0.15, 0.2) is 24.3 Å². The van der Waals surface area contributed by atoms with E-state index in [1.54, 1.807) is 0 Å². The average molecular weight is 253 g/mol. The Bertz CT molecular complexity index is 364. The van der Waals surface area contributed by atoms with Crippen molar-refractivity contribution in [1.82, 2.24) is 0 Å². The fourth-order valence-electron chi connectivity index (χ4n) is 2.90. The Morgan fingerprint density at radius 2 is 2.18 bits per heavy atom. The monoisotopic (exact) mass is 252 g/mol. The van der Waals surface area contributed by atoms with Crippen LogP contribution in [0.25, 0.3) is 0 Å². The van der Waals surface area contributed by atoms with Crippen LogP contribution in [-0.4, -0.2) is 11.2 Å². The van der Waals surface area contributed by atoms with Crippen molar-refractivity contribution in [1.29, 1.82) is 0 Å². The molecular weight excluding hydrogens is 232 g/mol. The number of hydrogen-bond acceptors (Lipinski definition) is 1. The molecule has 1 aromatic carbocycles. The summed E-state index contributed by atoms with van der Waals surface area (Å²) in [6, 6.07) is 8.01. The highest BCUT2D eigenvalue weighted by Gasteiger charge is 2.28. The van der Waals surface area contributed by atoms with E-state index in [4.69, 9.17) is 11.6 Å². The first-order valence-corrected chi connectivity index (χ1v) is 6.99. The molecule has 0 heterocycles. The molecule has 3 atom stereocenters. The summed E-state index contributed by atoms with van der Waals surface area (Å²) in [4.78, 5) is 0. The molecule has 1 saturated carbocycles. The molecule has 0 bridgehead atoms.